The zero-order chi connectivity index (χ0) is 26.8. The topological polar surface area (TPSA) is 96.2 Å². The molecule has 0 radical (unpaired) electrons. The summed E-state index contributed by atoms with van der Waals surface area (Å²) < 4.78 is 20.9. The van der Waals surface area contributed by atoms with Crippen molar-refractivity contribution >= 4 is 17.3 Å². The van der Waals surface area contributed by atoms with Crippen LogP contribution in [0, 0.1) is 17.1 Å². The second-order valence-corrected chi connectivity index (χ2v) is 10.1. The Kier molecular flexibility index (Phi) is 7.38. The lowest BCUT2D eigenvalue weighted by Gasteiger charge is -2.39. The van der Waals surface area contributed by atoms with E-state index in [0.717, 1.165) is 30.6 Å². The van der Waals surface area contributed by atoms with Crippen LogP contribution < -0.4 is 14.5 Å². The Morgan fingerprint density at radius 3 is 2.68 bits per heavy atom. The van der Waals surface area contributed by atoms with Crippen LogP contribution in [0.5, 0.6) is 11.6 Å². The number of hydrogen-bond acceptors (Lipinski definition) is 8. The molecule has 2 aromatic rings. The van der Waals surface area contributed by atoms with Gasteiger partial charge in [-0.2, -0.15) is 5.26 Å². The van der Waals surface area contributed by atoms with Crippen molar-refractivity contribution in [1.82, 2.24) is 14.8 Å². The molecule has 9 nitrogen and oxygen atoms in total. The molecule has 2 saturated heterocycles. The number of likely N-dealkylation sites (N-methyl/N-ethyl adjacent to an activating group) is 1. The minimum atomic E-state index is -0.494. The van der Waals surface area contributed by atoms with Gasteiger partial charge in [0.1, 0.15) is 35.5 Å². The van der Waals surface area contributed by atoms with Crippen LogP contribution in [0.25, 0.3) is 0 Å². The average molecular weight is 521 g/mol. The van der Waals surface area contributed by atoms with E-state index < -0.39 is 5.82 Å². The van der Waals surface area contributed by atoms with E-state index in [-0.39, 0.29) is 35.8 Å². The van der Waals surface area contributed by atoms with Crippen LogP contribution in [-0.4, -0.2) is 84.8 Å². The van der Waals surface area contributed by atoms with Gasteiger partial charge in [-0.05, 0) is 51.1 Å². The van der Waals surface area contributed by atoms with Crippen LogP contribution in [0.15, 0.2) is 30.9 Å². The Bertz CT molecular complexity index is 1250. The number of phenolic OH excluding ortho intramolecular Hbond substituents is 1. The molecule has 1 atom stereocenters. The van der Waals surface area contributed by atoms with E-state index in [1.54, 1.807) is 9.80 Å². The second kappa shape index (κ2) is 10.9. The Labute approximate surface area is 222 Å². The number of fused-ring (bicyclic) bond motifs is 1. The highest BCUT2D eigenvalue weighted by Crippen LogP contribution is 2.40. The number of para-hydroxylation sites is 1. The van der Waals surface area contributed by atoms with Crippen LogP contribution in [0.2, 0.25) is 0 Å². The summed E-state index contributed by atoms with van der Waals surface area (Å²) in [5, 5.41) is 20.7. The number of nitrogens with zero attached hydrogens (tertiary/aromatic N) is 6. The SMILES string of the molecule is C=CC(=O)N1CCN(c2c(C#N)c(OCC3CCCN3C)nc3c2CCN(c2c(O)cccc2F)C3)CC1. The second-order valence-electron chi connectivity index (χ2n) is 10.1. The molecule has 38 heavy (non-hydrogen) atoms. The molecule has 1 N–H and O–H groups in total. The number of piperazine rings is 1. The van der Waals surface area contributed by atoms with E-state index in [4.69, 9.17) is 9.72 Å². The maximum atomic E-state index is 14.7. The van der Waals surface area contributed by atoms with Gasteiger partial charge in [0.25, 0.3) is 0 Å². The summed E-state index contributed by atoms with van der Waals surface area (Å²) in [6.45, 7) is 7.92. The number of likely N-dealkylation sites (tertiary alicyclic amines) is 1. The maximum Gasteiger partial charge on any atom is 0.246 e. The number of benzene rings is 1. The number of pyridine rings is 1. The first-order valence-corrected chi connectivity index (χ1v) is 13.1. The van der Waals surface area contributed by atoms with Crippen LogP contribution in [0.3, 0.4) is 0 Å². The molecule has 0 bridgehead atoms. The Morgan fingerprint density at radius 1 is 1.24 bits per heavy atom. The summed E-state index contributed by atoms with van der Waals surface area (Å²) in [6, 6.07) is 6.89. The summed E-state index contributed by atoms with van der Waals surface area (Å²) in [4.78, 5) is 24.9. The highest BCUT2D eigenvalue weighted by atomic mass is 19.1. The highest BCUT2D eigenvalue weighted by molar-refractivity contribution is 5.87. The monoisotopic (exact) mass is 520 g/mol. The molecule has 0 saturated carbocycles. The van der Waals surface area contributed by atoms with Crippen molar-refractivity contribution in [3.8, 4) is 17.7 Å². The van der Waals surface area contributed by atoms with E-state index in [1.807, 2.05) is 0 Å². The number of carbonyl (C=O) groups is 1. The van der Waals surface area contributed by atoms with Crippen molar-refractivity contribution in [1.29, 1.82) is 5.26 Å². The molecule has 0 aliphatic carbocycles. The van der Waals surface area contributed by atoms with Gasteiger partial charge in [0.2, 0.25) is 11.8 Å². The van der Waals surface area contributed by atoms with Gasteiger partial charge in [-0.25, -0.2) is 9.37 Å². The molecule has 2 fully saturated rings. The number of hydrogen-bond donors (Lipinski definition) is 1. The molecule has 3 aliphatic rings. The fourth-order valence-corrected chi connectivity index (χ4v) is 5.74. The Morgan fingerprint density at radius 2 is 2.03 bits per heavy atom. The minimum absolute atomic E-state index is 0.105. The molecule has 3 aliphatic heterocycles. The quantitative estimate of drug-likeness (QED) is 0.581. The predicted molar refractivity (Wildman–Crippen MR) is 142 cm³/mol. The van der Waals surface area contributed by atoms with Crippen LogP contribution >= 0.6 is 0 Å². The number of aromatic hydroxyl groups is 1. The summed E-state index contributed by atoms with van der Waals surface area (Å²) >= 11 is 0. The molecule has 1 aromatic heterocycles. The first kappa shape index (κ1) is 25.8. The van der Waals surface area contributed by atoms with E-state index in [1.165, 1.54) is 24.3 Å². The predicted octanol–water partition coefficient (Wildman–Crippen LogP) is 2.67. The average Bonchev–Trinajstić information content (AvgIpc) is 3.34. The number of carbonyl (C=O) groups excluding carboxylic acids is 1. The highest BCUT2D eigenvalue weighted by Gasteiger charge is 2.32. The van der Waals surface area contributed by atoms with Crippen molar-refractivity contribution in [2.75, 3.05) is 62.7 Å². The molecular weight excluding hydrogens is 487 g/mol. The standard InChI is InChI=1S/C28H33FN6O3/c1-3-25(37)33-12-14-34(15-13-33)26-20-9-11-35(27-22(29)7-4-8-24(27)36)17-23(20)31-28(21(26)16-30)38-18-19-6-5-10-32(19)2/h3-4,7-8,19,36H,1,5-6,9-15,17-18H2,2H3. The number of phenols is 1. The van der Waals surface area contributed by atoms with Gasteiger partial charge in [0.15, 0.2) is 0 Å². The molecule has 0 spiro atoms. The fraction of sp³-hybridized carbons (Fsp3) is 0.464. The van der Waals surface area contributed by atoms with Gasteiger partial charge in [-0.3, -0.25) is 4.79 Å². The van der Waals surface area contributed by atoms with Crippen molar-refractivity contribution in [3.05, 3.63) is 53.5 Å². The zero-order valence-electron chi connectivity index (χ0n) is 21.7. The van der Waals surface area contributed by atoms with Crippen molar-refractivity contribution in [2.24, 2.45) is 0 Å². The van der Waals surface area contributed by atoms with Crippen molar-refractivity contribution < 1.29 is 19.0 Å². The smallest absolute Gasteiger partial charge is 0.246 e. The number of amides is 1. The summed E-state index contributed by atoms with van der Waals surface area (Å²) in [5.74, 6) is -0.435. The minimum Gasteiger partial charge on any atom is -0.506 e. The lowest BCUT2D eigenvalue weighted by Crippen LogP contribution is -2.49. The van der Waals surface area contributed by atoms with Gasteiger partial charge in [-0.15, -0.1) is 0 Å². The normalized spacial score (nSPS) is 19.7. The molecule has 200 valence electrons. The van der Waals surface area contributed by atoms with Gasteiger partial charge < -0.3 is 29.4 Å². The van der Waals surface area contributed by atoms with E-state index in [9.17, 15) is 19.6 Å². The summed E-state index contributed by atoms with van der Waals surface area (Å²) in [5.41, 5.74) is 2.97. The number of rotatable bonds is 6. The van der Waals surface area contributed by atoms with Gasteiger partial charge in [0, 0.05) is 44.3 Å². The van der Waals surface area contributed by atoms with Crippen LogP contribution in [0.1, 0.15) is 29.7 Å². The molecular formula is C28H33FN6O3. The third-order valence-corrected chi connectivity index (χ3v) is 7.85. The van der Waals surface area contributed by atoms with Crippen LogP contribution in [-0.2, 0) is 17.8 Å². The third-order valence-electron chi connectivity index (χ3n) is 7.85. The first-order valence-electron chi connectivity index (χ1n) is 13.1. The lowest BCUT2D eigenvalue weighted by molar-refractivity contribution is -0.126. The molecule has 1 unspecified atom stereocenters. The van der Waals surface area contributed by atoms with Crippen molar-refractivity contribution in [3.63, 3.8) is 0 Å². The molecule has 4 heterocycles. The zero-order valence-corrected chi connectivity index (χ0v) is 21.7. The van der Waals surface area contributed by atoms with E-state index >= 15 is 0 Å². The molecule has 1 amide bonds. The first-order chi connectivity index (χ1) is 18.4. The van der Waals surface area contributed by atoms with Crippen LogP contribution in [0.4, 0.5) is 15.8 Å². The maximum absolute atomic E-state index is 14.7. The summed E-state index contributed by atoms with van der Waals surface area (Å²) in [6.07, 6.45) is 3.98. The Balaban J connectivity index is 1.51. The number of aromatic nitrogens is 1. The number of ether oxygens (including phenoxy) is 1. The van der Waals surface area contributed by atoms with Gasteiger partial charge in [0.05, 0.1) is 17.9 Å². The number of halogens is 1. The lowest BCUT2D eigenvalue weighted by atomic mass is 9.97. The molecule has 1 aromatic carbocycles. The van der Waals surface area contributed by atoms with Gasteiger partial charge >= 0.3 is 0 Å². The third kappa shape index (κ3) is 4.86. The molecule has 5 rings (SSSR count). The largest absolute Gasteiger partial charge is 0.506 e. The summed E-state index contributed by atoms with van der Waals surface area (Å²) in [7, 11) is 2.07. The fourth-order valence-electron chi connectivity index (χ4n) is 5.74. The van der Waals surface area contributed by atoms with Crippen molar-refractivity contribution in [2.45, 2.75) is 31.8 Å². The Hall–Kier alpha value is -3.84. The number of nitriles is 1. The number of anilines is 2. The van der Waals surface area contributed by atoms with E-state index in [0.29, 0.717) is 57.0 Å². The molecule has 10 heteroatoms. The van der Waals surface area contributed by atoms with E-state index in [2.05, 4.69) is 29.5 Å². The van der Waals surface area contributed by atoms with Gasteiger partial charge in [-0.1, -0.05) is 12.6 Å².